The van der Waals surface area contributed by atoms with E-state index in [0.717, 1.165) is 0 Å². The van der Waals surface area contributed by atoms with E-state index < -0.39 is 5.47 Å². The van der Waals surface area contributed by atoms with E-state index in [1.165, 1.54) is 0 Å². The Kier molecular flexibility index (Phi) is 2.68. The molecule has 0 rings (SSSR count). The molecule has 0 aliphatic heterocycles. The van der Waals surface area contributed by atoms with Crippen LogP contribution in [0.3, 0.4) is 0 Å². The Hall–Kier alpha value is 0.960. The second-order valence-electron chi connectivity index (χ2n) is 0.954. The molecule has 1 unspecified atom stereocenters. The molecule has 0 radical (unpaired) electrons. The standard InChI is InChI=1S/C2H7OPS2/c1-3-4(2,5)6/h1-2H3,(H,5,6)/p-1. The fourth-order valence-electron chi connectivity index (χ4n) is 0. The van der Waals surface area contributed by atoms with E-state index in [0.29, 0.717) is 0 Å². The van der Waals surface area contributed by atoms with E-state index in [-0.39, 0.29) is 0 Å². The lowest BCUT2D eigenvalue weighted by molar-refractivity contribution is 0.474. The maximum Gasteiger partial charge on any atom is 0.0382 e. The number of hydrogen-bond acceptors (Lipinski definition) is 3. The van der Waals surface area contributed by atoms with Crippen LogP contribution in [0.15, 0.2) is 0 Å². The highest BCUT2D eigenvalue weighted by atomic mass is 32.9. The lowest BCUT2D eigenvalue weighted by Gasteiger charge is -2.18. The molecule has 6 heavy (non-hydrogen) atoms. The average molecular weight is 141 g/mol. The normalized spacial score (nSPS) is 19.8. The second-order valence-corrected chi connectivity index (χ2v) is 7.74. The third-order valence-electron chi connectivity index (χ3n) is 0.332. The van der Waals surface area contributed by atoms with Crippen molar-refractivity contribution in [2.24, 2.45) is 0 Å². The Bertz CT molecular complexity index is 75.6. The van der Waals surface area contributed by atoms with Crippen molar-refractivity contribution < 1.29 is 4.52 Å². The summed E-state index contributed by atoms with van der Waals surface area (Å²) < 4.78 is 4.68. The average Bonchev–Trinajstić information content (AvgIpc) is 1.35. The Balaban J connectivity index is 3.48. The Labute approximate surface area is 48.3 Å². The van der Waals surface area contributed by atoms with Gasteiger partial charge in [-0.2, -0.15) is 0 Å². The molecule has 0 heterocycles. The first-order valence-electron chi connectivity index (χ1n) is 1.40. The van der Waals surface area contributed by atoms with Crippen LogP contribution < -0.4 is 0 Å². The van der Waals surface area contributed by atoms with Crippen LogP contribution in [0.2, 0.25) is 0 Å². The van der Waals surface area contributed by atoms with E-state index in [1.807, 2.05) is 0 Å². The molecular formula is C2H6OPS2-. The lowest BCUT2D eigenvalue weighted by atomic mass is 11.8. The molecule has 0 fully saturated rings. The minimum atomic E-state index is -1.73. The molecule has 0 saturated heterocycles. The van der Waals surface area contributed by atoms with Crippen molar-refractivity contribution in [2.45, 2.75) is 0 Å². The summed E-state index contributed by atoms with van der Waals surface area (Å²) >= 11 is 9.38. The van der Waals surface area contributed by atoms with Gasteiger partial charge in [-0.05, 0) is 6.66 Å². The third-order valence-corrected chi connectivity index (χ3v) is 1.89. The van der Waals surface area contributed by atoms with Crippen LogP contribution >= 0.6 is 5.47 Å². The monoisotopic (exact) mass is 141 g/mol. The van der Waals surface area contributed by atoms with Crippen molar-refractivity contribution in [3.63, 3.8) is 0 Å². The smallest absolute Gasteiger partial charge is 0.0382 e. The quantitative estimate of drug-likeness (QED) is 0.400. The predicted octanol–water partition coefficient (Wildman–Crippen LogP) is 1.12. The molecule has 0 amide bonds. The van der Waals surface area contributed by atoms with Gasteiger partial charge in [0, 0.05) is 7.11 Å². The molecule has 38 valence electrons. The molecule has 1 atom stereocenters. The van der Waals surface area contributed by atoms with Crippen LogP contribution in [0.4, 0.5) is 0 Å². The first-order chi connectivity index (χ1) is 2.56. The summed E-state index contributed by atoms with van der Waals surface area (Å²) in [5, 5.41) is 0. The molecule has 0 aliphatic rings. The molecule has 0 bridgehead atoms. The van der Waals surface area contributed by atoms with Crippen molar-refractivity contribution in [3.8, 4) is 0 Å². The summed E-state index contributed by atoms with van der Waals surface area (Å²) in [7, 11) is 1.55. The van der Waals surface area contributed by atoms with Crippen LogP contribution in [0.25, 0.3) is 0 Å². The van der Waals surface area contributed by atoms with E-state index in [9.17, 15) is 0 Å². The molecular weight excluding hydrogens is 135 g/mol. The first kappa shape index (κ1) is 6.96. The van der Waals surface area contributed by atoms with Gasteiger partial charge >= 0.3 is 0 Å². The van der Waals surface area contributed by atoms with Crippen LogP contribution in [0.5, 0.6) is 0 Å². The molecule has 0 aromatic carbocycles. The van der Waals surface area contributed by atoms with Crippen molar-refractivity contribution in [1.29, 1.82) is 0 Å². The van der Waals surface area contributed by atoms with Gasteiger partial charge in [-0.25, -0.2) is 0 Å². The van der Waals surface area contributed by atoms with Gasteiger partial charge in [0.1, 0.15) is 0 Å². The molecule has 0 saturated carbocycles. The van der Waals surface area contributed by atoms with E-state index in [1.54, 1.807) is 13.8 Å². The van der Waals surface area contributed by atoms with E-state index in [2.05, 4.69) is 28.6 Å². The molecule has 0 aromatic rings. The number of hydrogen-bond donors (Lipinski definition) is 0. The highest BCUT2D eigenvalue weighted by Gasteiger charge is 1.79. The summed E-state index contributed by atoms with van der Waals surface area (Å²) in [6.07, 6.45) is 0. The first-order valence-corrected chi connectivity index (χ1v) is 5.58. The fraction of sp³-hybridized carbons (Fsp3) is 1.00. The van der Waals surface area contributed by atoms with Crippen LogP contribution in [0, 0.1) is 0 Å². The zero-order valence-corrected chi connectivity index (χ0v) is 6.20. The molecule has 0 N–H and O–H groups in total. The molecule has 4 heteroatoms. The predicted molar refractivity (Wildman–Crippen MR) is 34.6 cm³/mol. The van der Waals surface area contributed by atoms with Crippen LogP contribution in [-0.2, 0) is 28.6 Å². The van der Waals surface area contributed by atoms with Gasteiger partial charge in [0.2, 0.25) is 0 Å². The highest BCUT2D eigenvalue weighted by Crippen LogP contribution is 2.37. The van der Waals surface area contributed by atoms with Crippen molar-refractivity contribution in [2.75, 3.05) is 13.8 Å². The topological polar surface area (TPSA) is 9.23 Å². The fourth-order valence-corrected chi connectivity index (χ4v) is 0. The maximum absolute atomic E-state index is 4.69. The summed E-state index contributed by atoms with van der Waals surface area (Å²) in [5.74, 6) is 0. The van der Waals surface area contributed by atoms with Crippen molar-refractivity contribution in [1.82, 2.24) is 0 Å². The lowest BCUT2D eigenvalue weighted by Crippen LogP contribution is -1.71. The third kappa shape index (κ3) is 4.96. The molecule has 1 nitrogen and oxygen atoms in total. The van der Waals surface area contributed by atoms with Gasteiger partial charge in [-0.1, -0.05) is 17.3 Å². The zero-order chi connectivity index (χ0) is 5.21. The zero-order valence-electron chi connectivity index (χ0n) is 3.67. The summed E-state index contributed by atoms with van der Waals surface area (Å²) in [6.45, 7) is 1.76. The minimum Gasteiger partial charge on any atom is -0.720 e. The largest absolute Gasteiger partial charge is 0.720 e. The van der Waals surface area contributed by atoms with Crippen molar-refractivity contribution >= 4 is 29.5 Å². The maximum atomic E-state index is 4.69. The summed E-state index contributed by atoms with van der Waals surface area (Å²) in [5.41, 5.74) is -1.73. The van der Waals surface area contributed by atoms with Gasteiger partial charge in [0.15, 0.2) is 0 Å². The Morgan fingerprint density at radius 1 is 1.83 bits per heavy atom. The van der Waals surface area contributed by atoms with E-state index in [4.69, 9.17) is 0 Å². The molecule has 0 spiro atoms. The summed E-state index contributed by atoms with van der Waals surface area (Å²) in [4.78, 5) is 0. The van der Waals surface area contributed by atoms with Gasteiger partial charge < -0.3 is 16.8 Å². The molecule has 0 aromatic heterocycles. The van der Waals surface area contributed by atoms with Crippen LogP contribution in [0.1, 0.15) is 0 Å². The highest BCUT2D eigenvalue weighted by molar-refractivity contribution is 8.53. The number of rotatable bonds is 1. The SMILES string of the molecule is COP(C)(=S)[S-]. The minimum absolute atomic E-state index is 1.55. The van der Waals surface area contributed by atoms with Crippen LogP contribution in [-0.4, -0.2) is 13.8 Å². The van der Waals surface area contributed by atoms with Gasteiger partial charge in [0.25, 0.3) is 0 Å². The van der Waals surface area contributed by atoms with E-state index >= 15 is 0 Å². The van der Waals surface area contributed by atoms with Crippen molar-refractivity contribution in [3.05, 3.63) is 0 Å². The van der Waals surface area contributed by atoms with Gasteiger partial charge in [-0.3, -0.25) is 0 Å². The van der Waals surface area contributed by atoms with Gasteiger partial charge in [-0.15, -0.1) is 0 Å². The summed E-state index contributed by atoms with van der Waals surface area (Å²) in [6, 6.07) is 0. The van der Waals surface area contributed by atoms with Gasteiger partial charge in [0.05, 0.1) is 0 Å². The second kappa shape index (κ2) is 2.31. The Morgan fingerprint density at radius 2 is 2.00 bits per heavy atom. The molecule has 0 aliphatic carbocycles. The Morgan fingerprint density at radius 3 is 2.00 bits per heavy atom.